The molecule has 0 spiro atoms. The van der Waals surface area contributed by atoms with Crippen molar-refractivity contribution in [2.75, 3.05) is 26.2 Å². The van der Waals surface area contributed by atoms with Gasteiger partial charge in [0.1, 0.15) is 0 Å². The van der Waals surface area contributed by atoms with Crippen LogP contribution in [0.4, 0.5) is 9.59 Å². The van der Waals surface area contributed by atoms with E-state index in [-0.39, 0.29) is 23.5 Å². The second kappa shape index (κ2) is 5.73. The number of hydrogen-bond donors (Lipinski definition) is 1. The summed E-state index contributed by atoms with van der Waals surface area (Å²) < 4.78 is 0. The third-order valence-corrected chi connectivity index (χ3v) is 4.64. The summed E-state index contributed by atoms with van der Waals surface area (Å²) >= 11 is 0. The highest BCUT2D eigenvalue weighted by atomic mass is 16.4. The van der Waals surface area contributed by atoms with Crippen LogP contribution in [0, 0.1) is 5.41 Å². The van der Waals surface area contributed by atoms with Crippen molar-refractivity contribution < 1.29 is 14.7 Å². The van der Waals surface area contributed by atoms with Crippen LogP contribution in [0.5, 0.6) is 0 Å². The molecule has 0 bridgehead atoms. The van der Waals surface area contributed by atoms with Crippen molar-refractivity contribution in [3.05, 3.63) is 0 Å². The number of piperazine rings is 1. The molecule has 21 heavy (non-hydrogen) atoms. The minimum atomic E-state index is -0.900. The molecule has 2 rings (SSSR count). The van der Waals surface area contributed by atoms with E-state index in [9.17, 15) is 9.59 Å². The maximum Gasteiger partial charge on any atom is 0.407 e. The number of rotatable bonds is 0. The van der Waals surface area contributed by atoms with Crippen molar-refractivity contribution in [3.8, 4) is 0 Å². The molecule has 0 radical (unpaired) electrons. The zero-order valence-corrected chi connectivity index (χ0v) is 13.5. The molecular weight excluding hydrogens is 270 g/mol. The lowest BCUT2D eigenvalue weighted by molar-refractivity contribution is 0.0631. The maximum absolute atomic E-state index is 12.8. The number of amides is 3. The van der Waals surface area contributed by atoms with Crippen LogP contribution in [0.3, 0.4) is 0 Å². The van der Waals surface area contributed by atoms with Crippen LogP contribution in [0.25, 0.3) is 0 Å². The predicted molar refractivity (Wildman–Crippen MR) is 80.3 cm³/mol. The highest BCUT2D eigenvalue weighted by Gasteiger charge is 2.40. The third-order valence-electron chi connectivity index (χ3n) is 4.64. The molecule has 2 fully saturated rings. The van der Waals surface area contributed by atoms with E-state index in [0.717, 1.165) is 19.4 Å². The van der Waals surface area contributed by atoms with Gasteiger partial charge >= 0.3 is 12.1 Å². The number of carbonyl (C=O) groups is 2. The quantitative estimate of drug-likeness (QED) is 0.746. The molecule has 3 amide bonds. The van der Waals surface area contributed by atoms with Crippen LogP contribution in [-0.4, -0.2) is 70.2 Å². The van der Waals surface area contributed by atoms with Crippen LogP contribution in [0.1, 0.15) is 40.5 Å². The standard InChI is InChI=1S/C15H27N3O3/c1-11-10-16(14(20)21)8-9-17(11)13(19)18-7-5-6-12(18)15(2,3)4/h11-12H,5-10H2,1-4H3,(H,20,21)/t11-,12?/m0/s1. The Morgan fingerprint density at radius 2 is 1.76 bits per heavy atom. The molecular formula is C15H27N3O3. The van der Waals surface area contributed by atoms with E-state index in [2.05, 4.69) is 20.8 Å². The van der Waals surface area contributed by atoms with E-state index in [1.165, 1.54) is 4.90 Å². The van der Waals surface area contributed by atoms with Crippen LogP contribution in [-0.2, 0) is 0 Å². The fraction of sp³-hybridized carbons (Fsp3) is 0.867. The first-order valence-corrected chi connectivity index (χ1v) is 7.77. The normalized spacial score (nSPS) is 27.1. The Morgan fingerprint density at radius 1 is 1.10 bits per heavy atom. The van der Waals surface area contributed by atoms with E-state index < -0.39 is 6.09 Å². The minimum absolute atomic E-state index is 0.0661. The van der Waals surface area contributed by atoms with Gasteiger partial charge in [0.15, 0.2) is 0 Å². The summed E-state index contributed by atoms with van der Waals surface area (Å²) in [6, 6.07) is 0.281. The van der Waals surface area contributed by atoms with Crippen LogP contribution in [0.15, 0.2) is 0 Å². The molecule has 2 heterocycles. The zero-order chi connectivity index (χ0) is 15.8. The summed E-state index contributed by atoms with van der Waals surface area (Å²) in [5.74, 6) is 0. The molecule has 6 heteroatoms. The number of nitrogens with zero attached hydrogens (tertiary/aromatic N) is 3. The molecule has 2 saturated heterocycles. The third kappa shape index (κ3) is 3.24. The van der Waals surface area contributed by atoms with Gasteiger partial charge in [-0.2, -0.15) is 0 Å². The van der Waals surface area contributed by atoms with Gasteiger partial charge in [-0.3, -0.25) is 0 Å². The predicted octanol–water partition coefficient (Wildman–Crippen LogP) is 2.30. The SMILES string of the molecule is C[C@H]1CN(C(=O)O)CCN1C(=O)N1CCCC1C(C)(C)C. The summed E-state index contributed by atoms with van der Waals surface area (Å²) in [4.78, 5) is 29.1. The zero-order valence-electron chi connectivity index (χ0n) is 13.5. The lowest BCUT2D eigenvalue weighted by Gasteiger charge is -2.43. The van der Waals surface area contributed by atoms with Crippen molar-refractivity contribution in [2.24, 2.45) is 5.41 Å². The first kappa shape index (κ1) is 15.9. The van der Waals surface area contributed by atoms with E-state index >= 15 is 0 Å². The molecule has 2 atom stereocenters. The van der Waals surface area contributed by atoms with Gasteiger partial charge in [-0.1, -0.05) is 20.8 Å². The second-order valence-electron chi connectivity index (χ2n) is 7.27. The van der Waals surface area contributed by atoms with Gasteiger partial charge in [0.05, 0.1) is 0 Å². The molecule has 0 aliphatic carbocycles. The minimum Gasteiger partial charge on any atom is -0.465 e. The smallest absolute Gasteiger partial charge is 0.407 e. The van der Waals surface area contributed by atoms with Crippen LogP contribution in [0.2, 0.25) is 0 Å². The van der Waals surface area contributed by atoms with Crippen molar-refractivity contribution >= 4 is 12.1 Å². The van der Waals surface area contributed by atoms with Crippen molar-refractivity contribution in [1.29, 1.82) is 0 Å². The number of urea groups is 1. The first-order chi connectivity index (χ1) is 9.71. The lowest BCUT2D eigenvalue weighted by Crippen LogP contribution is -2.59. The lowest BCUT2D eigenvalue weighted by atomic mass is 9.85. The molecule has 2 aliphatic heterocycles. The largest absolute Gasteiger partial charge is 0.465 e. The van der Waals surface area contributed by atoms with Gasteiger partial charge in [-0.05, 0) is 25.2 Å². The van der Waals surface area contributed by atoms with Gasteiger partial charge in [0, 0.05) is 38.3 Å². The molecule has 0 aromatic carbocycles. The van der Waals surface area contributed by atoms with Crippen LogP contribution >= 0.6 is 0 Å². The van der Waals surface area contributed by atoms with Gasteiger partial charge in [0.25, 0.3) is 0 Å². The highest BCUT2D eigenvalue weighted by molar-refractivity contribution is 5.76. The van der Waals surface area contributed by atoms with E-state index in [1.807, 2.05) is 16.7 Å². The van der Waals surface area contributed by atoms with Crippen molar-refractivity contribution in [2.45, 2.75) is 52.6 Å². The summed E-state index contributed by atoms with van der Waals surface area (Å²) in [7, 11) is 0. The first-order valence-electron chi connectivity index (χ1n) is 7.77. The average Bonchev–Trinajstić information content (AvgIpc) is 2.86. The van der Waals surface area contributed by atoms with Gasteiger partial charge in [0.2, 0.25) is 0 Å². The molecule has 0 aromatic heterocycles. The Hall–Kier alpha value is -1.46. The Kier molecular flexibility index (Phi) is 4.35. The molecule has 6 nitrogen and oxygen atoms in total. The van der Waals surface area contributed by atoms with Crippen LogP contribution < -0.4 is 0 Å². The van der Waals surface area contributed by atoms with Crippen molar-refractivity contribution in [1.82, 2.24) is 14.7 Å². The summed E-state index contributed by atoms with van der Waals surface area (Å²) in [6.07, 6.45) is 1.21. The second-order valence-corrected chi connectivity index (χ2v) is 7.27. The molecule has 2 aliphatic rings. The molecule has 0 saturated carbocycles. The number of hydrogen-bond acceptors (Lipinski definition) is 2. The highest BCUT2D eigenvalue weighted by Crippen LogP contribution is 2.33. The molecule has 1 unspecified atom stereocenters. The Labute approximate surface area is 126 Å². The van der Waals surface area contributed by atoms with Gasteiger partial charge < -0.3 is 19.8 Å². The van der Waals surface area contributed by atoms with E-state index in [0.29, 0.717) is 19.6 Å². The fourth-order valence-electron chi connectivity index (χ4n) is 3.48. The van der Waals surface area contributed by atoms with Gasteiger partial charge in [-0.25, -0.2) is 9.59 Å². The summed E-state index contributed by atoms with van der Waals surface area (Å²) in [5.41, 5.74) is 0.0816. The topological polar surface area (TPSA) is 64.1 Å². The Morgan fingerprint density at radius 3 is 2.29 bits per heavy atom. The fourth-order valence-corrected chi connectivity index (χ4v) is 3.48. The summed E-state index contributed by atoms with van der Waals surface area (Å²) in [6.45, 7) is 10.6. The molecule has 120 valence electrons. The molecule has 1 N–H and O–H groups in total. The number of carbonyl (C=O) groups excluding carboxylic acids is 1. The molecule has 0 aromatic rings. The Bertz CT molecular complexity index is 419. The van der Waals surface area contributed by atoms with E-state index in [4.69, 9.17) is 5.11 Å². The maximum atomic E-state index is 12.8. The van der Waals surface area contributed by atoms with E-state index in [1.54, 1.807) is 0 Å². The average molecular weight is 297 g/mol. The number of carboxylic acid groups (broad SMARTS) is 1. The number of likely N-dealkylation sites (tertiary alicyclic amines) is 1. The van der Waals surface area contributed by atoms with Gasteiger partial charge in [-0.15, -0.1) is 0 Å². The van der Waals surface area contributed by atoms with Crippen molar-refractivity contribution in [3.63, 3.8) is 0 Å². The monoisotopic (exact) mass is 297 g/mol. The Balaban J connectivity index is 2.05. The summed E-state index contributed by atoms with van der Waals surface area (Å²) in [5, 5.41) is 9.05.